The first-order chi connectivity index (χ1) is 10.0. The Labute approximate surface area is 127 Å². The van der Waals surface area contributed by atoms with Crippen molar-refractivity contribution in [3.8, 4) is 6.07 Å². The van der Waals surface area contributed by atoms with Crippen molar-refractivity contribution in [3.63, 3.8) is 0 Å². The summed E-state index contributed by atoms with van der Waals surface area (Å²) in [6, 6.07) is 12.2. The molecule has 0 N–H and O–H groups in total. The van der Waals surface area contributed by atoms with Gasteiger partial charge in [-0.2, -0.15) is 5.26 Å². The molecule has 0 aliphatic heterocycles. The molecule has 1 aromatic heterocycles. The van der Waals surface area contributed by atoms with Crippen LogP contribution >= 0.6 is 0 Å². The predicted octanol–water partition coefficient (Wildman–Crippen LogP) is 4.22. The van der Waals surface area contributed by atoms with E-state index in [4.69, 9.17) is 4.98 Å². The van der Waals surface area contributed by atoms with Crippen LogP contribution in [0.4, 0.5) is 5.82 Å². The highest BCUT2D eigenvalue weighted by Crippen LogP contribution is 2.24. The molecule has 1 aromatic carbocycles. The topological polar surface area (TPSA) is 39.9 Å². The first-order valence-corrected chi connectivity index (χ1v) is 7.56. The third kappa shape index (κ3) is 3.72. The monoisotopic (exact) mass is 281 g/mol. The molecule has 110 valence electrons. The molecule has 2 rings (SSSR count). The zero-order valence-corrected chi connectivity index (χ0v) is 13.3. The molecule has 0 atom stereocenters. The van der Waals surface area contributed by atoms with Crippen LogP contribution in [0, 0.1) is 23.2 Å². The van der Waals surface area contributed by atoms with E-state index in [-0.39, 0.29) is 0 Å². The average Bonchev–Trinajstić information content (AvgIpc) is 2.44. The Morgan fingerprint density at radius 1 is 1.10 bits per heavy atom. The summed E-state index contributed by atoms with van der Waals surface area (Å²) in [5.41, 5.74) is 1.61. The van der Waals surface area contributed by atoms with Crippen LogP contribution in [0.15, 0.2) is 30.3 Å². The molecular formula is C18H23N3. The van der Waals surface area contributed by atoms with Gasteiger partial charge in [0, 0.05) is 18.5 Å². The van der Waals surface area contributed by atoms with E-state index >= 15 is 0 Å². The van der Waals surface area contributed by atoms with Crippen molar-refractivity contribution >= 4 is 16.7 Å². The average molecular weight is 281 g/mol. The lowest BCUT2D eigenvalue weighted by molar-refractivity contribution is 0.549. The van der Waals surface area contributed by atoms with Crippen LogP contribution in [0.3, 0.4) is 0 Å². The molecular weight excluding hydrogens is 258 g/mol. The van der Waals surface area contributed by atoms with Crippen molar-refractivity contribution in [2.45, 2.75) is 27.7 Å². The Balaban J connectivity index is 2.51. The van der Waals surface area contributed by atoms with Crippen molar-refractivity contribution in [3.05, 3.63) is 35.9 Å². The minimum Gasteiger partial charge on any atom is -0.355 e. The Hall–Kier alpha value is -2.08. The van der Waals surface area contributed by atoms with E-state index in [1.165, 1.54) is 0 Å². The van der Waals surface area contributed by atoms with Crippen LogP contribution in [0.5, 0.6) is 0 Å². The number of nitriles is 1. The molecule has 1 heterocycles. The van der Waals surface area contributed by atoms with E-state index < -0.39 is 0 Å². The first kappa shape index (κ1) is 15.3. The smallest absolute Gasteiger partial charge is 0.147 e. The molecule has 0 unspecified atom stereocenters. The molecule has 21 heavy (non-hydrogen) atoms. The lowest BCUT2D eigenvalue weighted by Crippen LogP contribution is -2.32. The van der Waals surface area contributed by atoms with E-state index in [0.29, 0.717) is 17.4 Å². The third-order valence-electron chi connectivity index (χ3n) is 3.29. The molecule has 0 saturated heterocycles. The van der Waals surface area contributed by atoms with E-state index in [2.05, 4.69) is 38.7 Å². The fourth-order valence-electron chi connectivity index (χ4n) is 2.56. The lowest BCUT2D eigenvalue weighted by Gasteiger charge is -2.28. The van der Waals surface area contributed by atoms with E-state index in [1.54, 1.807) is 0 Å². The second-order valence-electron chi connectivity index (χ2n) is 6.36. The maximum atomic E-state index is 9.48. The Morgan fingerprint density at radius 3 is 2.29 bits per heavy atom. The lowest BCUT2D eigenvalue weighted by atomic mass is 10.1. The minimum atomic E-state index is 0.531. The van der Waals surface area contributed by atoms with Gasteiger partial charge in [0.05, 0.1) is 11.1 Å². The van der Waals surface area contributed by atoms with Crippen LogP contribution in [-0.2, 0) is 0 Å². The molecule has 0 bridgehead atoms. The second kappa shape index (κ2) is 6.58. The maximum Gasteiger partial charge on any atom is 0.147 e. The summed E-state index contributed by atoms with van der Waals surface area (Å²) in [7, 11) is 0. The zero-order chi connectivity index (χ0) is 15.4. The molecule has 2 aromatic rings. The summed E-state index contributed by atoms with van der Waals surface area (Å²) in [4.78, 5) is 7.01. The molecule has 0 fully saturated rings. The van der Waals surface area contributed by atoms with Gasteiger partial charge in [-0.1, -0.05) is 45.9 Å². The van der Waals surface area contributed by atoms with Crippen molar-refractivity contribution < 1.29 is 0 Å². The summed E-state index contributed by atoms with van der Waals surface area (Å²) in [6.07, 6.45) is 0. The Bertz CT molecular complexity index is 643. The van der Waals surface area contributed by atoms with Gasteiger partial charge in [-0.15, -0.1) is 0 Å². The number of rotatable bonds is 5. The van der Waals surface area contributed by atoms with Gasteiger partial charge >= 0.3 is 0 Å². The number of hydrogen-bond donors (Lipinski definition) is 0. The van der Waals surface area contributed by atoms with Gasteiger partial charge in [-0.05, 0) is 24.0 Å². The molecule has 0 aliphatic carbocycles. The fourth-order valence-corrected chi connectivity index (χ4v) is 2.56. The number of para-hydroxylation sites is 1. The van der Waals surface area contributed by atoms with Gasteiger partial charge in [0.15, 0.2) is 0 Å². The van der Waals surface area contributed by atoms with Crippen LogP contribution in [0.1, 0.15) is 33.3 Å². The van der Waals surface area contributed by atoms with E-state index in [9.17, 15) is 5.26 Å². The molecule has 0 amide bonds. The molecule has 0 radical (unpaired) electrons. The third-order valence-corrected chi connectivity index (χ3v) is 3.29. The fraction of sp³-hybridized carbons (Fsp3) is 0.444. The van der Waals surface area contributed by atoms with Crippen molar-refractivity contribution in [2.75, 3.05) is 18.0 Å². The highest BCUT2D eigenvalue weighted by molar-refractivity contribution is 5.83. The number of benzene rings is 1. The number of fused-ring (bicyclic) bond motifs is 1. The largest absolute Gasteiger partial charge is 0.355 e. The summed E-state index contributed by atoms with van der Waals surface area (Å²) in [5, 5.41) is 10.5. The second-order valence-corrected chi connectivity index (χ2v) is 6.36. The van der Waals surface area contributed by atoms with Gasteiger partial charge in [0.1, 0.15) is 11.9 Å². The number of hydrogen-bond acceptors (Lipinski definition) is 3. The van der Waals surface area contributed by atoms with Crippen molar-refractivity contribution in [2.24, 2.45) is 11.8 Å². The quantitative estimate of drug-likeness (QED) is 0.823. The highest BCUT2D eigenvalue weighted by Gasteiger charge is 2.16. The molecule has 3 nitrogen and oxygen atoms in total. The van der Waals surface area contributed by atoms with Crippen molar-refractivity contribution in [1.29, 1.82) is 5.26 Å². The van der Waals surface area contributed by atoms with E-state index in [1.807, 2.05) is 30.3 Å². The van der Waals surface area contributed by atoms with Crippen LogP contribution in [-0.4, -0.2) is 18.1 Å². The standard InChI is InChI=1S/C18H23N3/c1-13(2)11-21(12-14(3)4)18-16(10-19)9-15-7-5-6-8-17(15)20-18/h5-9,13-14H,11-12H2,1-4H3. The number of nitrogens with zero attached hydrogens (tertiary/aromatic N) is 3. The number of anilines is 1. The minimum absolute atomic E-state index is 0.531. The van der Waals surface area contributed by atoms with Crippen molar-refractivity contribution in [1.82, 2.24) is 4.98 Å². The van der Waals surface area contributed by atoms with E-state index in [0.717, 1.165) is 29.8 Å². The molecule has 0 aliphatic rings. The van der Waals surface area contributed by atoms with Crippen LogP contribution < -0.4 is 4.90 Å². The number of aromatic nitrogens is 1. The van der Waals surface area contributed by atoms with Crippen LogP contribution in [0.2, 0.25) is 0 Å². The van der Waals surface area contributed by atoms with Gasteiger partial charge in [0.2, 0.25) is 0 Å². The van der Waals surface area contributed by atoms with Gasteiger partial charge in [0.25, 0.3) is 0 Å². The Morgan fingerprint density at radius 2 is 1.71 bits per heavy atom. The summed E-state index contributed by atoms with van der Waals surface area (Å²) >= 11 is 0. The van der Waals surface area contributed by atoms with Crippen LogP contribution in [0.25, 0.3) is 10.9 Å². The summed E-state index contributed by atoms with van der Waals surface area (Å²) < 4.78 is 0. The predicted molar refractivity (Wildman–Crippen MR) is 88.3 cm³/mol. The normalized spacial score (nSPS) is 11.1. The summed E-state index contributed by atoms with van der Waals surface area (Å²) in [6.45, 7) is 10.6. The zero-order valence-electron chi connectivity index (χ0n) is 13.3. The Kier molecular flexibility index (Phi) is 4.80. The molecule has 0 spiro atoms. The first-order valence-electron chi connectivity index (χ1n) is 7.56. The number of pyridine rings is 1. The van der Waals surface area contributed by atoms with Gasteiger partial charge in [-0.25, -0.2) is 4.98 Å². The molecule has 0 saturated carbocycles. The van der Waals surface area contributed by atoms with Gasteiger partial charge in [-0.3, -0.25) is 0 Å². The van der Waals surface area contributed by atoms with Gasteiger partial charge < -0.3 is 4.90 Å². The molecule has 3 heteroatoms. The SMILES string of the molecule is CC(C)CN(CC(C)C)c1nc2ccccc2cc1C#N. The summed E-state index contributed by atoms with van der Waals surface area (Å²) in [5.74, 6) is 1.88. The maximum absolute atomic E-state index is 9.48. The highest BCUT2D eigenvalue weighted by atomic mass is 15.2.